The SMILES string of the molecule is CC=O.CCC(c1nc2ccc(C3=CC=C(P(C)C)NC3Cl)cc2n1-c1ccccc1O)N(C)C. The molecule has 0 aliphatic carbocycles. The van der Waals surface area contributed by atoms with Gasteiger partial charge in [0.15, 0.2) is 0 Å². The summed E-state index contributed by atoms with van der Waals surface area (Å²) in [7, 11) is 3.88. The third-order valence-corrected chi connectivity index (χ3v) is 7.48. The van der Waals surface area contributed by atoms with Gasteiger partial charge >= 0.3 is 0 Å². The van der Waals surface area contributed by atoms with Crippen molar-refractivity contribution in [3.05, 3.63) is 71.4 Å². The first-order valence-electron chi connectivity index (χ1n) is 11.6. The fraction of sp³-hybridized carbons (Fsp3) is 0.333. The molecule has 6 nitrogen and oxygen atoms in total. The van der Waals surface area contributed by atoms with Crippen molar-refractivity contribution < 1.29 is 9.90 Å². The second-order valence-corrected chi connectivity index (χ2v) is 11.4. The predicted octanol–water partition coefficient (Wildman–Crippen LogP) is 6.08. The van der Waals surface area contributed by atoms with Gasteiger partial charge in [0.2, 0.25) is 0 Å². The molecule has 2 aromatic carbocycles. The smallest absolute Gasteiger partial charge is 0.139 e. The Bertz CT molecular complexity index is 1250. The molecule has 0 radical (unpaired) electrons. The van der Waals surface area contributed by atoms with Crippen molar-refractivity contribution in [2.24, 2.45) is 0 Å². The first-order chi connectivity index (χ1) is 16.7. The molecule has 2 unspecified atom stereocenters. The van der Waals surface area contributed by atoms with Crippen molar-refractivity contribution in [3.8, 4) is 11.4 Å². The first-order valence-corrected chi connectivity index (χ1v) is 14.3. The van der Waals surface area contributed by atoms with Crippen molar-refractivity contribution in [1.82, 2.24) is 19.8 Å². The Hall–Kier alpha value is -2.66. The number of benzene rings is 2. The zero-order valence-corrected chi connectivity index (χ0v) is 22.8. The minimum absolute atomic E-state index is 0.112. The second-order valence-electron chi connectivity index (χ2n) is 8.70. The van der Waals surface area contributed by atoms with Crippen LogP contribution in [0.2, 0.25) is 0 Å². The number of aromatic nitrogens is 2. The summed E-state index contributed by atoms with van der Waals surface area (Å²) in [4.78, 5) is 16.0. The zero-order valence-electron chi connectivity index (χ0n) is 21.2. The molecule has 35 heavy (non-hydrogen) atoms. The van der Waals surface area contributed by atoms with Gasteiger partial charge in [-0.25, -0.2) is 4.98 Å². The molecule has 2 heterocycles. The molecule has 2 N–H and O–H groups in total. The topological polar surface area (TPSA) is 70.4 Å². The Kier molecular flexibility index (Phi) is 9.12. The second kappa shape index (κ2) is 11.9. The van der Waals surface area contributed by atoms with Crippen LogP contribution in [0.5, 0.6) is 5.75 Å². The number of aldehydes is 1. The number of halogens is 1. The summed E-state index contributed by atoms with van der Waals surface area (Å²) in [5, 5.41) is 14.1. The number of carbonyl (C=O) groups is 1. The van der Waals surface area contributed by atoms with Crippen LogP contribution in [0, 0.1) is 0 Å². The quantitative estimate of drug-likeness (QED) is 0.181. The Morgan fingerprint density at radius 3 is 2.49 bits per heavy atom. The van der Waals surface area contributed by atoms with Gasteiger partial charge in [-0.05, 0) is 82.2 Å². The van der Waals surface area contributed by atoms with E-state index in [1.807, 2.05) is 24.3 Å². The molecule has 0 amide bonds. The molecular formula is C27H34ClN4O2P. The summed E-state index contributed by atoms with van der Waals surface area (Å²) in [6.07, 6.45) is 5.90. The fourth-order valence-electron chi connectivity index (χ4n) is 4.21. The zero-order chi connectivity index (χ0) is 25.7. The summed E-state index contributed by atoms with van der Waals surface area (Å²) in [5.41, 5.74) is 5.55. The van der Waals surface area contributed by atoms with Crippen molar-refractivity contribution >= 4 is 42.4 Å². The molecule has 0 bridgehead atoms. The molecule has 8 heteroatoms. The molecule has 0 saturated heterocycles. The minimum atomic E-state index is -0.288. The van der Waals surface area contributed by atoms with Gasteiger partial charge in [-0.15, -0.1) is 0 Å². The number of allylic oxidation sites excluding steroid dienone is 2. The molecule has 0 saturated carbocycles. The molecule has 0 fully saturated rings. The lowest BCUT2D eigenvalue weighted by Crippen LogP contribution is -2.26. The van der Waals surface area contributed by atoms with Crippen LogP contribution in [-0.4, -0.2) is 58.8 Å². The van der Waals surface area contributed by atoms with E-state index in [2.05, 4.69) is 73.4 Å². The van der Waals surface area contributed by atoms with Crippen LogP contribution in [0.1, 0.15) is 37.7 Å². The third kappa shape index (κ3) is 5.78. The minimum Gasteiger partial charge on any atom is -0.506 e. The molecular weight excluding hydrogens is 479 g/mol. The van der Waals surface area contributed by atoms with E-state index in [1.165, 1.54) is 12.4 Å². The molecule has 4 rings (SSSR count). The van der Waals surface area contributed by atoms with E-state index in [9.17, 15) is 5.11 Å². The maximum Gasteiger partial charge on any atom is 0.139 e. The van der Waals surface area contributed by atoms with E-state index in [4.69, 9.17) is 21.4 Å². The average molecular weight is 513 g/mol. The van der Waals surface area contributed by atoms with Gasteiger partial charge in [-0.2, -0.15) is 0 Å². The van der Waals surface area contributed by atoms with Gasteiger partial charge in [0, 0.05) is 5.44 Å². The summed E-state index contributed by atoms with van der Waals surface area (Å²) >= 11 is 6.73. The molecule has 1 aliphatic heterocycles. The van der Waals surface area contributed by atoms with Crippen molar-refractivity contribution in [2.45, 2.75) is 31.8 Å². The Balaban J connectivity index is 0.00000108. The lowest BCUT2D eigenvalue weighted by Gasteiger charge is -2.25. The summed E-state index contributed by atoms with van der Waals surface area (Å²) in [6.45, 7) is 8.02. The molecule has 3 aromatic rings. The molecule has 0 spiro atoms. The van der Waals surface area contributed by atoms with Crippen molar-refractivity contribution in [2.75, 3.05) is 27.4 Å². The fourth-order valence-corrected chi connectivity index (χ4v) is 5.36. The molecule has 2 atom stereocenters. The van der Waals surface area contributed by atoms with Gasteiger partial charge in [-0.3, -0.25) is 9.47 Å². The number of nitrogens with one attached hydrogen (secondary N) is 1. The van der Waals surface area contributed by atoms with Gasteiger partial charge < -0.3 is 15.2 Å². The van der Waals surface area contributed by atoms with Crippen molar-refractivity contribution in [3.63, 3.8) is 0 Å². The van der Waals surface area contributed by atoms with Crippen LogP contribution in [0.25, 0.3) is 22.3 Å². The van der Waals surface area contributed by atoms with Gasteiger partial charge in [0.25, 0.3) is 0 Å². The van der Waals surface area contributed by atoms with E-state index < -0.39 is 0 Å². The van der Waals surface area contributed by atoms with E-state index in [-0.39, 0.29) is 25.2 Å². The number of rotatable bonds is 6. The maximum absolute atomic E-state index is 10.7. The number of para-hydroxylation sites is 2. The van der Waals surface area contributed by atoms with Gasteiger partial charge in [0.05, 0.1) is 22.8 Å². The lowest BCUT2D eigenvalue weighted by atomic mass is 10.0. The van der Waals surface area contributed by atoms with Crippen LogP contribution in [0.4, 0.5) is 0 Å². The molecule has 186 valence electrons. The van der Waals surface area contributed by atoms with Crippen LogP contribution in [0.15, 0.2) is 60.1 Å². The number of imidazole rings is 1. The Morgan fingerprint density at radius 2 is 1.91 bits per heavy atom. The number of carbonyl (C=O) groups excluding carboxylic acids is 1. The van der Waals surface area contributed by atoms with Gasteiger partial charge in [-0.1, -0.05) is 50.7 Å². The highest BCUT2D eigenvalue weighted by Gasteiger charge is 2.25. The number of alkyl halides is 1. The van der Waals surface area contributed by atoms with Gasteiger partial charge in [0.1, 0.15) is 23.4 Å². The van der Waals surface area contributed by atoms with Crippen LogP contribution in [-0.2, 0) is 4.79 Å². The largest absolute Gasteiger partial charge is 0.506 e. The van der Waals surface area contributed by atoms with E-state index in [0.29, 0.717) is 0 Å². The summed E-state index contributed by atoms with van der Waals surface area (Å²) in [6, 6.07) is 13.8. The maximum atomic E-state index is 10.7. The van der Waals surface area contributed by atoms with E-state index >= 15 is 0 Å². The standard InChI is InChI=1S/C25H30ClN4OP.C2H4O/c1-6-19(29(2)3)25-27-18-13-11-16(17-12-14-23(32(4)5)28-24(17)26)15-21(18)30(25)20-9-7-8-10-22(20)31;1-2-3/h7-15,19,24,28,31H,6H2,1-5H3;2H,1H3. The lowest BCUT2D eigenvalue weighted by molar-refractivity contribution is -0.106. The summed E-state index contributed by atoms with van der Waals surface area (Å²) in [5.74, 6) is 1.14. The number of aromatic hydroxyl groups is 1. The highest BCUT2D eigenvalue weighted by atomic mass is 35.5. The number of hydrogen-bond donors (Lipinski definition) is 2. The summed E-state index contributed by atoms with van der Waals surface area (Å²) < 4.78 is 2.08. The van der Waals surface area contributed by atoms with Crippen molar-refractivity contribution in [1.29, 1.82) is 0 Å². The average Bonchev–Trinajstić information content (AvgIpc) is 3.18. The monoisotopic (exact) mass is 512 g/mol. The predicted molar refractivity (Wildman–Crippen MR) is 149 cm³/mol. The number of hydrogen-bond acceptors (Lipinski definition) is 5. The Labute approximate surface area is 214 Å². The normalized spacial score (nSPS) is 16.3. The molecule has 1 aromatic heterocycles. The molecule has 1 aliphatic rings. The number of dihydropyridines is 1. The van der Waals surface area contributed by atoms with Crippen LogP contribution < -0.4 is 5.32 Å². The highest BCUT2D eigenvalue weighted by molar-refractivity contribution is 7.60. The number of phenolic OH excluding ortho intramolecular Hbond substituents is 1. The third-order valence-electron chi connectivity index (χ3n) is 5.89. The highest BCUT2D eigenvalue weighted by Crippen LogP contribution is 2.40. The van der Waals surface area contributed by atoms with E-state index in [0.717, 1.165) is 46.4 Å². The van der Waals surface area contributed by atoms with E-state index in [1.54, 1.807) is 6.07 Å². The Morgan fingerprint density at radius 1 is 1.23 bits per heavy atom. The number of fused-ring (bicyclic) bond motifs is 1. The first kappa shape index (κ1) is 26.9. The number of phenols is 1. The van der Waals surface area contributed by atoms with Crippen LogP contribution >= 0.6 is 19.5 Å². The van der Waals surface area contributed by atoms with Crippen LogP contribution in [0.3, 0.4) is 0 Å². The number of nitrogens with zero attached hydrogens (tertiary/aromatic N) is 3.